The summed E-state index contributed by atoms with van der Waals surface area (Å²) in [5, 5.41) is 0.740. The smallest absolute Gasteiger partial charge is 0.231 e. The fraction of sp³-hybridized carbons (Fsp3) is 0.312. The van der Waals surface area contributed by atoms with Crippen molar-refractivity contribution in [3.05, 3.63) is 113 Å². The maximum atomic E-state index is 14.2. The van der Waals surface area contributed by atoms with E-state index in [9.17, 15) is 4.79 Å². The summed E-state index contributed by atoms with van der Waals surface area (Å²) in [6.45, 7) is 2.64. The van der Waals surface area contributed by atoms with Crippen molar-refractivity contribution in [3.63, 3.8) is 0 Å². The Balaban J connectivity index is 1.29. The Morgan fingerprint density at radius 2 is 1.92 bits per heavy atom. The molecular formula is C32H33ClN4OS. The van der Waals surface area contributed by atoms with Crippen molar-refractivity contribution in [1.82, 2.24) is 14.3 Å². The molecule has 1 aromatic heterocycles. The third-order valence-electron chi connectivity index (χ3n) is 8.22. The molecule has 7 heteroatoms. The van der Waals surface area contributed by atoms with Crippen molar-refractivity contribution in [3.8, 4) is 0 Å². The highest BCUT2D eigenvalue weighted by molar-refractivity contribution is 7.97. The van der Waals surface area contributed by atoms with Crippen molar-refractivity contribution < 1.29 is 4.79 Å². The van der Waals surface area contributed by atoms with Gasteiger partial charge in [-0.15, -0.1) is 0 Å². The zero-order valence-corrected chi connectivity index (χ0v) is 23.8. The summed E-state index contributed by atoms with van der Waals surface area (Å²) in [4.78, 5) is 21.8. The van der Waals surface area contributed by atoms with Crippen molar-refractivity contribution in [2.75, 3.05) is 4.90 Å². The molecule has 2 aliphatic carbocycles. The maximum absolute atomic E-state index is 14.2. The molecule has 1 N–H and O–H groups in total. The lowest BCUT2D eigenvalue weighted by Gasteiger charge is -2.29. The van der Waals surface area contributed by atoms with Gasteiger partial charge in [0.05, 0.1) is 6.54 Å². The predicted molar refractivity (Wildman–Crippen MR) is 159 cm³/mol. The van der Waals surface area contributed by atoms with Crippen molar-refractivity contribution >= 4 is 35.1 Å². The van der Waals surface area contributed by atoms with Crippen molar-refractivity contribution in [2.24, 2.45) is 18.9 Å². The number of nitrogens with zero attached hydrogens (tertiary/aromatic N) is 3. The number of hydrogen-bond acceptors (Lipinski definition) is 4. The Morgan fingerprint density at radius 1 is 1.13 bits per heavy atom. The summed E-state index contributed by atoms with van der Waals surface area (Å²) in [5.41, 5.74) is 4.82. The van der Waals surface area contributed by atoms with Gasteiger partial charge in [0.2, 0.25) is 5.91 Å². The number of nitrogens with one attached hydrogen (secondary N) is 1. The lowest BCUT2D eigenvalue weighted by atomic mass is 9.87. The number of fused-ring (bicyclic) bond motifs is 1. The minimum absolute atomic E-state index is 0.0296. The van der Waals surface area contributed by atoms with Crippen LogP contribution in [0, 0.1) is 11.8 Å². The molecule has 200 valence electrons. The van der Waals surface area contributed by atoms with Crippen LogP contribution in [0.3, 0.4) is 0 Å². The van der Waals surface area contributed by atoms with Crippen molar-refractivity contribution in [1.29, 1.82) is 0 Å². The minimum Gasteiger partial charge on any atom is -0.337 e. The van der Waals surface area contributed by atoms with Gasteiger partial charge in [0, 0.05) is 47.0 Å². The van der Waals surface area contributed by atoms with Gasteiger partial charge in [-0.2, -0.15) is 0 Å². The molecule has 1 heterocycles. The van der Waals surface area contributed by atoms with E-state index >= 15 is 0 Å². The van der Waals surface area contributed by atoms with E-state index < -0.39 is 0 Å². The van der Waals surface area contributed by atoms with Gasteiger partial charge in [-0.05, 0) is 96.1 Å². The van der Waals surface area contributed by atoms with Crippen LogP contribution < -0.4 is 9.62 Å². The summed E-state index contributed by atoms with van der Waals surface area (Å²) in [5.74, 6) is 1.59. The molecular weight excluding hydrogens is 524 g/mol. The molecule has 2 aliphatic rings. The normalized spacial score (nSPS) is 21.8. The molecule has 5 nitrogen and oxygen atoms in total. The molecule has 3 aromatic carbocycles. The van der Waals surface area contributed by atoms with Gasteiger partial charge in [0.25, 0.3) is 0 Å². The van der Waals surface area contributed by atoms with Gasteiger partial charge in [-0.25, -0.2) is 4.98 Å². The summed E-state index contributed by atoms with van der Waals surface area (Å²) < 4.78 is 5.68. The molecule has 0 saturated heterocycles. The van der Waals surface area contributed by atoms with Crippen LogP contribution in [0.5, 0.6) is 0 Å². The van der Waals surface area contributed by atoms with Crippen LogP contribution in [0.25, 0.3) is 0 Å². The summed E-state index contributed by atoms with van der Waals surface area (Å²) in [7, 11) is 1.98. The second-order valence-electron chi connectivity index (χ2n) is 10.7. The third kappa shape index (κ3) is 5.51. The number of aryl methyl sites for hydroxylation is 2. The molecule has 0 aliphatic heterocycles. The Bertz CT molecular complexity index is 1450. The van der Waals surface area contributed by atoms with Crippen LogP contribution in [-0.4, -0.2) is 15.5 Å². The highest BCUT2D eigenvalue weighted by atomic mass is 35.5. The van der Waals surface area contributed by atoms with Gasteiger partial charge in [0.15, 0.2) is 0 Å². The molecule has 1 amide bonds. The molecule has 4 unspecified atom stereocenters. The largest absolute Gasteiger partial charge is 0.337 e. The molecule has 0 bridgehead atoms. The number of carbonyl (C=O) groups excluding carboxylic acids is 1. The Labute approximate surface area is 239 Å². The van der Waals surface area contributed by atoms with Crippen LogP contribution in [0.1, 0.15) is 54.2 Å². The molecule has 0 radical (unpaired) electrons. The fourth-order valence-corrected chi connectivity index (χ4v) is 6.83. The average molecular weight is 557 g/mol. The second-order valence-corrected chi connectivity index (χ2v) is 12.0. The van der Waals surface area contributed by atoms with Crippen LogP contribution >= 0.6 is 23.5 Å². The van der Waals surface area contributed by atoms with E-state index in [1.165, 1.54) is 16.7 Å². The first-order chi connectivity index (χ1) is 19.0. The number of imidazole rings is 1. The topological polar surface area (TPSA) is 50.2 Å². The summed E-state index contributed by atoms with van der Waals surface area (Å²) in [6, 6.07) is 25.1. The number of rotatable bonds is 8. The molecule has 1 fully saturated rings. The third-order valence-corrected chi connectivity index (χ3v) is 9.39. The Hall–Kier alpha value is -3.06. The zero-order chi connectivity index (χ0) is 26.9. The molecule has 4 aromatic rings. The lowest BCUT2D eigenvalue weighted by Crippen LogP contribution is -2.34. The molecule has 1 saturated carbocycles. The van der Waals surface area contributed by atoms with E-state index in [1.807, 2.05) is 53.0 Å². The van der Waals surface area contributed by atoms with Crippen molar-refractivity contribution in [2.45, 2.75) is 49.6 Å². The van der Waals surface area contributed by atoms with Gasteiger partial charge in [0.1, 0.15) is 5.82 Å². The first-order valence-electron chi connectivity index (χ1n) is 13.6. The SMILES string of the molecule is CC1C(C(=O)N(Cc2nccn2C)c2ccc3c(c2)C(NSc2ccc(Cl)cc2)CCC3)C1c1ccccc1. The minimum atomic E-state index is -0.0296. The number of aromatic nitrogens is 2. The fourth-order valence-electron chi connectivity index (χ4n) is 5.91. The number of carbonyl (C=O) groups is 1. The van der Waals surface area contributed by atoms with Gasteiger partial charge in [-0.1, -0.05) is 54.9 Å². The molecule has 0 spiro atoms. The predicted octanol–water partition coefficient (Wildman–Crippen LogP) is 7.33. The van der Waals surface area contributed by atoms with E-state index in [2.05, 4.69) is 59.1 Å². The number of halogens is 1. The summed E-state index contributed by atoms with van der Waals surface area (Å²) >= 11 is 7.71. The van der Waals surface area contributed by atoms with E-state index in [4.69, 9.17) is 11.6 Å². The quantitative estimate of drug-likeness (QED) is 0.231. The first-order valence-corrected chi connectivity index (χ1v) is 14.8. The van der Waals surface area contributed by atoms with E-state index in [0.29, 0.717) is 12.5 Å². The van der Waals surface area contributed by atoms with E-state index in [-0.39, 0.29) is 23.8 Å². The molecule has 4 atom stereocenters. The number of amides is 1. The summed E-state index contributed by atoms with van der Waals surface area (Å²) in [6.07, 6.45) is 6.98. The van der Waals surface area contributed by atoms with E-state index in [1.54, 1.807) is 18.1 Å². The lowest BCUT2D eigenvalue weighted by molar-refractivity contribution is -0.120. The second kappa shape index (κ2) is 11.2. The van der Waals surface area contributed by atoms with Gasteiger partial charge in [-0.3, -0.25) is 9.52 Å². The first kappa shape index (κ1) is 26.2. The zero-order valence-electron chi connectivity index (χ0n) is 22.3. The monoisotopic (exact) mass is 556 g/mol. The van der Waals surface area contributed by atoms with E-state index in [0.717, 1.165) is 40.7 Å². The maximum Gasteiger partial charge on any atom is 0.231 e. The number of hydrogen-bond donors (Lipinski definition) is 1. The van der Waals surface area contributed by atoms with Crippen LogP contribution in [-0.2, 0) is 24.8 Å². The van der Waals surface area contributed by atoms with Crippen LogP contribution in [0.15, 0.2) is 90.1 Å². The van der Waals surface area contributed by atoms with Crippen LogP contribution in [0.4, 0.5) is 5.69 Å². The Kier molecular flexibility index (Phi) is 7.52. The van der Waals surface area contributed by atoms with Crippen LogP contribution in [0.2, 0.25) is 5.02 Å². The Morgan fingerprint density at radius 3 is 2.67 bits per heavy atom. The molecule has 39 heavy (non-hydrogen) atoms. The highest BCUT2D eigenvalue weighted by Crippen LogP contribution is 2.55. The average Bonchev–Trinajstić information content (AvgIpc) is 3.47. The number of benzene rings is 3. The standard InChI is InChI=1S/C32H33ClN4OS/c1-21-30(23-7-4-3-5-8-23)31(21)32(38)37(20-29-34-17-18-36(29)2)25-14-11-22-9-6-10-28(27(22)19-25)35-39-26-15-12-24(33)13-16-26/h3-5,7-8,11-19,21,28,30-31,35H,6,9-10,20H2,1-2H3. The number of anilines is 1. The highest BCUT2D eigenvalue weighted by Gasteiger charge is 2.53. The van der Waals surface area contributed by atoms with Gasteiger partial charge >= 0.3 is 0 Å². The molecule has 6 rings (SSSR count). The van der Waals surface area contributed by atoms with Gasteiger partial charge < -0.3 is 9.47 Å².